The molecule has 0 aliphatic carbocycles. The summed E-state index contributed by atoms with van der Waals surface area (Å²) in [6.45, 7) is 5.78. The summed E-state index contributed by atoms with van der Waals surface area (Å²) >= 11 is 0. The predicted octanol–water partition coefficient (Wildman–Crippen LogP) is 4.24. The van der Waals surface area contributed by atoms with Gasteiger partial charge in [-0.05, 0) is 38.5 Å². The Labute approximate surface area is 188 Å². The minimum absolute atomic E-state index is 0.190. The summed E-state index contributed by atoms with van der Waals surface area (Å²) in [4.78, 5) is 12.4. The van der Waals surface area contributed by atoms with E-state index in [0.717, 1.165) is 46.9 Å². The molecule has 0 atom stereocenters. The summed E-state index contributed by atoms with van der Waals surface area (Å²) in [6.07, 6.45) is 2.79. The van der Waals surface area contributed by atoms with Crippen molar-refractivity contribution in [1.29, 1.82) is 0 Å². The van der Waals surface area contributed by atoms with Gasteiger partial charge in [0.15, 0.2) is 0 Å². The van der Waals surface area contributed by atoms with E-state index < -0.39 is 0 Å². The lowest BCUT2D eigenvalue weighted by atomic mass is 10.1. The molecular weight excluding hydrogens is 400 g/mol. The van der Waals surface area contributed by atoms with Crippen LogP contribution < -0.4 is 10.6 Å². The highest BCUT2D eigenvalue weighted by Crippen LogP contribution is 2.23. The van der Waals surface area contributed by atoms with Crippen LogP contribution in [0.1, 0.15) is 23.4 Å². The normalized spacial score (nSPS) is 10.8. The molecule has 0 aliphatic heterocycles. The summed E-state index contributed by atoms with van der Waals surface area (Å²) < 4.78 is 3.82. The number of amides is 2. The van der Waals surface area contributed by atoms with Gasteiger partial charge >= 0.3 is 6.03 Å². The molecule has 0 spiro atoms. The maximum Gasteiger partial charge on any atom is 0.315 e. The molecule has 32 heavy (non-hydrogen) atoms. The molecule has 4 rings (SSSR count). The van der Waals surface area contributed by atoms with E-state index in [1.54, 1.807) is 0 Å². The molecule has 7 heteroatoms. The number of hydrogen-bond acceptors (Lipinski definition) is 3. The topological polar surface area (TPSA) is 76.8 Å². The highest BCUT2D eigenvalue weighted by atomic mass is 16.2. The van der Waals surface area contributed by atoms with Crippen molar-refractivity contribution in [3.8, 4) is 16.9 Å². The molecule has 2 N–H and O–H groups in total. The molecule has 0 radical (unpaired) electrons. The summed E-state index contributed by atoms with van der Waals surface area (Å²) in [5.41, 5.74) is 5.96. The second-order valence-electron chi connectivity index (χ2n) is 7.76. The van der Waals surface area contributed by atoms with Crippen LogP contribution in [0.4, 0.5) is 4.79 Å². The highest BCUT2D eigenvalue weighted by Gasteiger charge is 2.13. The molecule has 2 aromatic carbocycles. The largest absolute Gasteiger partial charge is 0.338 e. The predicted molar refractivity (Wildman–Crippen MR) is 126 cm³/mol. The van der Waals surface area contributed by atoms with Crippen molar-refractivity contribution in [3.05, 3.63) is 89.9 Å². The number of urea groups is 1. The van der Waals surface area contributed by atoms with Gasteiger partial charge in [0.2, 0.25) is 0 Å². The summed E-state index contributed by atoms with van der Waals surface area (Å²) in [6, 6.07) is 21.8. The molecule has 2 aromatic heterocycles. The molecule has 164 valence electrons. The first kappa shape index (κ1) is 21.4. The average Bonchev–Trinajstić information content (AvgIpc) is 3.39. The van der Waals surface area contributed by atoms with Crippen LogP contribution in [0, 0.1) is 13.8 Å². The van der Waals surface area contributed by atoms with Crippen LogP contribution in [0.15, 0.2) is 72.9 Å². The van der Waals surface area contributed by atoms with Gasteiger partial charge in [-0.15, -0.1) is 0 Å². The first-order valence-corrected chi connectivity index (χ1v) is 10.8. The van der Waals surface area contributed by atoms with Gasteiger partial charge in [-0.25, -0.2) is 9.48 Å². The average molecular weight is 429 g/mol. The molecule has 7 nitrogen and oxygen atoms in total. The molecule has 2 amide bonds. The Morgan fingerprint density at radius 2 is 1.66 bits per heavy atom. The van der Waals surface area contributed by atoms with Crippen LogP contribution in [0.25, 0.3) is 16.9 Å². The Morgan fingerprint density at radius 1 is 0.938 bits per heavy atom. The maximum atomic E-state index is 12.4. The second-order valence-corrected chi connectivity index (χ2v) is 7.76. The van der Waals surface area contributed by atoms with E-state index in [1.807, 2.05) is 90.1 Å². The van der Waals surface area contributed by atoms with Crippen LogP contribution in [-0.4, -0.2) is 32.1 Å². The zero-order valence-corrected chi connectivity index (χ0v) is 18.5. The molecular formula is C25H28N6O. The third-order valence-electron chi connectivity index (χ3n) is 5.23. The van der Waals surface area contributed by atoms with Gasteiger partial charge in [-0.1, -0.05) is 48.5 Å². The van der Waals surface area contributed by atoms with E-state index in [0.29, 0.717) is 13.1 Å². The number of benzene rings is 2. The highest BCUT2D eigenvalue weighted by molar-refractivity contribution is 5.74. The molecule has 0 saturated carbocycles. The Hall–Kier alpha value is -3.87. The zero-order chi connectivity index (χ0) is 22.3. The van der Waals surface area contributed by atoms with E-state index in [1.165, 1.54) is 0 Å². The second kappa shape index (κ2) is 9.96. The van der Waals surface area contributed by atoms with Crippen molar-refractivity contribution in [2.75, 3.05) is 6.54 Å². The van der Waals surface area contributed by atoms with Gasteiger partial charge < -0.3 is 10.6 Å². The minimum atomic E-state index is -0.190. The SMILES string of the molecule is Cc1cc(C)n(CCCNC(=O)NCc2cn(-c3ccccc3)nc2-c2ccccc2)n1. The molecule has 2 heterocycles. The van der Waals surface area contributed by atoms with Gasteiger partial charge in [0.25, 0.3) is 0 Å². The van der Waals surface area contributed by atoms with Gasteiger partial charge in [-0.3, -0.25) is 4.68 Å². The number of nitrogens with zero attached hydrogens (tertiary/aromatic N) is 4. The van der Waals surface area contributed by atoms with Gasteiger partial charge in [-0.2, -0.15) is 10.2 Å². The van der Waals surface area contributed by atoms with Crippen LogP contribution >= 0.6 is 0 Å². The van der Waals surface area contributed by atoms with E-state index >= 15 is 0 Å². The van der Waals surface area contributed by atoms with Crippen molar-refractivity contribution in [3.63, 3.8) is 0 Å². The maximum absolute atomic E-state index is 12.4. The van der Waals surface area contributed by atoms with E-state index in [4.69, 9.17) is 5.10 Å². The number of para-hydroxylation sites is 1. The molecule has 0 saturated heterocycles. The van der Waals surface area contributed by atoms with E-state index in [9.17, 15) is 4.79 Å². The first-order valence-electron chi connectivity index (χ1n) is 10.8. The Bertz CT molecular complexity index is 1160. The Kier molecular flexibility index (Phi) is 6.65. The number of rotatable bonds is 8. The molecule has 0 aliphatic rings. The van der Waals surface area contributed by atoms with Crippen molar-refractivity contribution in [1.82, 2.24) is 30.2 Å². The standard InChI is InChI=1S/C25H28N6O/c1-19-16-20(2)30(28-19)15-9-14-26-25(32)27-17-22-18-31(23-12-7-4-8-13-23)29-24(22)21-10-5-3-6-11-21/h3-8,10-13,16,18H,9,14-15,17H2,1-2H3,(H2,26,27,32). The third kappa shape index (κ3) is 5.24. The number of carbonyl (C=O) groups excluding carboxylic acids is 1. The van der Waals surface area contributed by atoms with E-state index in [-0.39, 0.29) is 6.03 Å². The van der Waals surface area contributed by atoms with Gasteiger partial charge in [0, 0.05) is 42.7 Å². The molecule has 0 unspecified atom stereocenters. The molecule has 0 fully saturated rings. The Morgan fingerprint density at radius 3 is 2.34 bits per heavy atom. The fourth-order valence-corrected chi connectivity index (χ4v) is 3.66. The van der Waals surface area contributed by atoms with Crippen LogP contribution in [0.3, 0.4) is 0 Å². The minimum Gasteiger partial charge on any atom is -0.338 e. The summed E-state index contributed by atoms with van der Waals surface area (Å²) in [5, 5.41) is 15.1. The number of nitrogens with one attached hydrogen (secondary N) is 2. The number of carbonyl (C=O) groups is 1. The van der Waals surface area contributed by atoms with E-state index in [2.05, 4.69) is 21.8 Å². The number of aryl methyl sites for hydroxylation is 3. The summed E-state index contributed by atoms with van der Waals surface area (Å²) in [7, 11) is 0. The fraction of sp³-hybridized carbons (Fsp3) is 0.240. The quantitative estimate of drug-likeness (QED) is 0.412. The van der Waals surface area contributed by atoms with Crippen molar-refractivity contribution >= 4 is 6.03 Å². The monoisotopic (exact) mass is 428 g/mol. The van der Waals surface area contributed by atoms with Crippen LogP contribution in [0.2, 0.25) is 0 Å². The summed E-state index contributed by atoms with van der Waals surface area (Å²) in [5.74, 6) is 0. The van der Waals surface area contributed by atoms with Crippen molar-refractivity contribution in [2.45, 2.75) is 33.4 Å². The Balaban J connectivity index is 1.37. The lowest BCUT2D eigenvalue weighted by Gasteiger charge is -2.08. The van der Waals surface area contributed by atoms with Crippen molar-refractivity contribution < 1.29 is 4.79 Å². The lowest BCUT2D eigenvalue weighted by molar-refractivity contribution is 0.240. The van der Waals surface area contributed by atoms with Gasteiger partial charge in [0.1, 0.15) is 0 Å². The molecule has 0 bridgehead atoms. The van der Waals surface area contributed by atoms with Crippen LogP contribution in [-0.2, 0) is 13.1 Å². The fourth-order valence-electron chi connectivity index (χ4n) is 3.66. The number of aromatic nitrogens is 4. The zero-order valence-electron chi connectivity index (χ0n) is 18.5. The third-order valence-corrected chi connectivity index (χ3v) is 5.23. The smallest absolute Gasteiger partial charge is 0.315 e. The number of hydrogen-bond donors (Lipinski definition) is 2. The first-order chi connectivity index (χ1) is 15.6. The molecule has 4 aromatic rings. The lowest BCUT2D eigenvalue weighted by Crippen LogP contribution is -2.35. The van der Waals surface area contributed by atoms with Crippen molar-refractivity contribution in [2.24, 2.45) is 0 Å². The van der Waals surface area contributed by atoms with Crippen LogP contribution in [0.5, 0.6) is 0 Å². The van der Waals surface area contributed by atoms with Gasteiger partial charge in [0.05, 0.1) is 17.1 Å².